The second kappa shape index (κ2) is 15.5. The summed E-state index contributed by atoms with van der Waals surface area (Å²) in [6, 6.07) is 6.58. The summed E-state index contributed by atoms with van der Waals surface area (Å²) in [7, 11) is 0. The Kier molecular flexibility index (Phi) is 12.8. The Balaban J connectivity index is 2.00. The van der Waals surface area contributed by atoms with E-state index >= 15 is 0 Å². The Labute approximate surface area is 228 Å². The summed E-state index contributed by atoms with van der Waals surface area (Å²) >= 11 is 1.26. The summed E-state index contributed by atoms with van der Waals surface area (Å²) in [4.78, 5) is 61.9. The van der Waals surface area contributed by atoms with E-state index in [1.165, 1.54) is 32.5 Å². The second-order valence-electron chi connectivity index (χ2n) is 10.1. The maximum absolute atomic E-state index is 13.2. The molecule has 3 amide bonds. The summed E-state index contributed by atoms with van der Waals surface area (Å²) in [5.41, 5.74) is -0.666. The largest absolute Gasteiger partial charge is 0.480 e. The number of hydrogen-bond donors (Lipinski definition) is 5. The van der Waals surface area contributed by atoms with Crippen LogP contribution < -0.4 is 21.3 Å². The van der Waals surface area contributed by atoms with Gasteiger partial charge in [0.25, 0.3) is 0 Å². The van der Waals surface area contributed by atoms with E-state index < -0.39 is 35.4 Å². The van der Waals surface area contributed by atoms with Crippen LogP contribution >= 0.6 is 11.8 Å². The van der Waals surface area contributed by atoms with Crippen molar-refractivity contribution in [3.8, 4) is 0 Å². The molecule has 0 aromatic heterocycles. The molecule has 10 nitrogen and oxygen atoms in total. The van der Waals surface area contributed by atoms with Crippen LogP contribution in [0.2, 0.25) is 0 Å². The Morgan fingerprint density at radius 2 is 1.76 bits per heavy atom. The van der Waals surface area contributed by atoms with E-state index in [9.17, 15) is 29.1 Å². The smallest absolute Gasteiger partial charge is 0.326 e. The van der Waals surface area contributed by atoms with Gasteiger partial charge in [-0.15, -0.1) is 0 Å². The number of carbonyl (C=O) groups is 5. The zero-order valence-corrected chi connectivity index (χ0v) is 23.2. The van der Waals surface area contributed by atoms with Crippen LogP contribution in [0.25, 0.3) is 0 Å². The molecule has 1 aliphatic heterocycles. The zero-order valence-electron chi connectivity index (χ0n) is 22.4. The Hall–Kier alpha value is -2.92. The number of carbonyl (C=O) groups excluding carboxylic acids is 4. The average molecular weight is 549 g/mol. The van der Waals surface area contributed by atoms with Crippen molar-refractivity contribution >= 4 is 40.6 Å². The van der Waals surface area contributed by atoms with Gasteiger partial charge >= 0.3 is 5.97 Å². The van der Waals surface area contributed by atoms with Gasteiger partial charge in [-0.3, -0.25) is 19.2 Å². The third kappa shape index (κ3) is 10.8. The molecule has 1 saturated heterocycles. The lowest BCUT2D eigenvalue weighted by atomic mass is 9.99. The quantitative estimate of drug-likeness (QED) is 0.208. The first-order chi connectivity index (χ1) is 18.0. The van der Waals surface area contributed by atoms with Crippen LogP contribution in [-0.4, -0.2) is 69.9 Å². The maximum Gasteiger partial charge on any atom is 0.326 e. The van der Waals surface area contributed by atoms with E-state index in [2.05, 4.69) is 21.3 Å². The van der Waals surface area contributed by atoms with Crippen molar-refractivity contribution in [2.45, 2.75) is 89.4 Å². The molecular formula is C27H40N4O6S. The first-order valence-electron chi connectivity index (χ1n) is 13.1. The minimum absolute atomic E-state index is 0.0630. The van der Waals surface area contributed by atoms with Crippen molar-refractivity contribution in [1.29, 1.82) is 0 Å². The molecular weight excluding hydrogens is 508 g/mol. The molecule has 0 radical (unpaired) electrons. The second-order valence-corrected chi connectivity index (χ2v) is 11.3. The van der Waals surface area contributed by atoms with Crippen LogP contribution in [-0.2, 0) is 30.4 Å². The number of rotatable bonds is 15. The van der Waals surface area contributed by atoms with Crippen molar-refractivity contribution in [3.05, 3.63) is 35.9 Å². The topological polar surface area (TPSA) is 154 Å². The number of carboxylic acids is 1. The van der Waals surface area contributed by atoms with E-state index in [1.54, 1.807) is 24.3 Å². The van der Waals surface area contributed by atoms with Gasteiger partial charge in [-0.25, -0.2) is 4.79 Å². The van der Waals surface area contributed by atoms with Gasteiger partial charge in [0, 0.05) is 19.1 Å². The maximum atomic E-state index is 13.2. The van der Waals surface area contributed by atoms with Gasteiger partial charge in [0.05, 0.1) is 6.04 Å². The fourth-order valence-electron chi connectivity index (χ4n) is 4.13. The predicted molar refractivity (Wildman–Crippen MR) is 146 cm³/mol. The molecule has 1 heterocycles. The van der Waals surface area contributed by atoms with Crippen molar-refractivity contribution in [1.82, 2.24) is 21.3 Å². The first kappa shape index (κ1) is 31.3. The van der Waals surface area contributed by atoms with Gasteiger partial charge in [-0.1, -0.05) is 54.9 Å². The van der Waals surface area contributed by atoms with Crippen LogP contribution in [0.1, 0.15) is 64.9 Å². The van der Waals surface area contributed by atoms with Crippen LogP contribution in [0, 0.1) is 0 Å². The molecule has 1 aromatic rings. The normalized spacial score (nSPS) is 16.8. The molecule has 1 fully saturated rings. The standard InChI is InChI=1S/C27H40N4O6S/c1-18(32)38-16-9-5-8-13-21(29-23(33)20-14-10-15-28-20)24(34)31-27(2,3)26(37)30-22(25(35)36)17-19-11-6-4-7-12-19/h4,6-7,11-12,20-22,28H,5,8-10,13-17H2,1-3H3,(H,29,33)(H,30,37)(H,31,34)(H,35,36)/t20-,21-,22-/m0/s1. The number of benzene rings is 1. The third-order valence-corrected chi connectivity index (χ3v) is 7.24. The highest BCUT2D eigenvalue weighted by molar-refractivity contribution is 8.13. The van der Waals surface area contributed by atoms with Gasteiger partial charge in [-0.2, -0.15) is 0 Å². The molecule has 38 heavy (non-hydrogen) atoms. The molecule has 0 spiro atoms. The number of carboxylic acid groups (broad SMARTS) is 1. The molecule has 1 aromatic carbocycles. The lowest BCUT2D eigenvalue weighted by Crippen LogP contribution is -2.61. The molecule has 1 aliphatic rings. The average Bonchev–Trinajstić information content (AvgIpc) is 3.40. The molecule has 0 saturated carbocycles. The Morgan fingerprint density at radius 1 is 1.05 bits per heavy atom. The van der Waals surface area contributed by atoms with E-state index in [0.29, 0.717) is 25.0 Å². The van der Waals surface area contributed by atoms with Crippen LogP contribution in [0.15, 0.2) is 30.3 Å². The number of nitrogens with one attached hydrogen (secondary N) is 4. The van der Waals surface area contributed by atoms with Crippen LogP contribution in [0.4, 0.5) is 0 Å². The summed E-state index contributed by atoms with van der Waals surface area (Å²) in [5, 5.41) is 20.9. The fraction of sp³-hybridized carbons (Fsp3) is 0.593. The molecule has 5 N–H and O–H groups in total. The molecule has 0 unspecified atom stereocenters. The van der Waals surface area contributed by atoms with Gasteiger partial charge in [0.15, 0.2) is 5.12 Å². The molecule has 0 aliphatic carbocycles. The SMILES string of the molecule is CC(=O)SCCCCC[C@H](NC(=O)[C@@H]1CCCN1)C(=O)NC(C)(C)C(=O)N[C@@H](Cc1ccccc1)C(=O)O. The highest BCUT2D eigenvalue weighted by Crippen LogP contribution is 2.13. The highest BCUT2D eigenvalue weighted by Gasteiger charge is 2.35. The number of hydrogen-bond acceptors (Lipinski definition) is 7. The lowest BCUT2D eigenvalue weighted by molar-refractivity contribution is -0.143. The molecule has 0 bridgehead atoms. The van der Waals surface area contributed by atoms with Crippen LogP contribution in [0.3, 0.4) is 0 Å². The summed E-state index contributed by atoms with van der Waals surface area (Å²) in [5.74, 6) is -1.89. The number of aliphatic carboxylic acids is 1. The summed E-state index contributed by atoms with van der Waals surface area (Å²) in [6.07, 6.45) is 4.28. The minimum atomic E-state index is -1.42. The van der Waals surface area contributed by atoms with Gasteiger partial charge < -0.3 is 26.4 Å². The Bertz CT molecular complexity index is 966. The first-order valence-corrected chi connectivity index (χ1v) is 14.0. The minimum Gasteiger partial charge on any atom is -0.480 e. The van der Waals surface area contributed by atoms with Crippen molar-refractivity contribution < 1.29 is 29.1 Å². The number of unbranched alkanes of at least 4 members (excludes halogenated alkanes) is 2. The van der Waals surface area contributed by atoms with E-state index in [0.717, 1.165) is 31.4 Å². The highest BCUT2D eigenvalue weighted by atomic mass is 32.2. The monoisotopic (exact) mass is 548 g/mol. The molecule has 11 heteroatoms. The van der Waals surface area contributed by atoms with Gasteiger partial charge in [0.2, 0.25) is 17.7 Å². The van der Waals surface area contributed by atoms with E-state index in [1.807, 2.05) is 6.07 Å². The number of amides is 3. The van der Waals surface area contributed by atoms with E-state index in [4.69, 9.17) is 0 Å². The molecule has 210 valence electrons. The van der Waals surface area contributed by atoms with Crippen molar-refractivity contribution in [3.63, 3.8) is 0 Å². The zero-order chi connectivity index (χ0) is 28.1. The van der Waals surface area contributed by atoms with Crippen molar-refractivity contribution in [2.24, 2.45) is 0 Å². The third-order valence-electron chi connectivity index (χ3n) is 6.34. The lowest BCUT2D eigenvalue weighted by Gasteiger charge is -2.30. The number of thioether (sulfide) groups is 1. The van der Waals surface area contributed by atoms with Gasteiger partial charge in [0.1, 0.15) is 17.6 Å². The summed E-state index contributed by atoms with van der Waals surface area (Å²) in [6.45, 7) is 5.26. The van der Waals surface area contributed by atoms with Crippen molar-refractivity contribution in [2.75, 3.05) is 12.3 Å². The molecule has 3 atom stereocenters. The van der Waals surface area contributed by atoms with Crippen LogP contribution in [0.5, 0.6) is 0 Å². The predicted octanol–water partition coefficient (Wildman–Crippen LogP) is 1.77. The summed E-state index contributed by atoms with van der Waals surface area (Å²) < 4.78 is 0. The molecule has 2 rings (SSSR count). The fourth-order valence-corrected chi connectivity index (χ4v) is 4.77. The van der Waals surface area contributed by atoms with E-state index in [-0.39, 0.29) is 23.5 Å². The van der Waals surface area contributed by atoms with Gasteiger partial charge in [-0.05, 0) is 51.6 Å². The Morgan fingerprint density at radius 3 is 2.37 bits per heavy atom.